The van der Waals surface area contributed by atoms with Crippen LogP contribution in [0.25, 0.3) is 17.4 Å². The number of hydrogen-bond acceptors (Lipinski definition) is 7. The monoisotopic (exact) mass is 470 g/mol. The van der Waals surface area contributed by atoms with Gasteiger partial charge in [-0.1, -0.05) is 12.1 Å². The zero-order valence-electron chi connectivity index (χ0n) is 17.0. The van der Waals surface area contributed by atoms with Gasteiger partial charge in [-0.3, -0.25) is 19.7 Å². The van der Waals surface area contributed by atoms with Crippen molar-refractivity contribution in [3.63, 3.8) is 0 Å². The Morgan fingerprint density at radius 3 is 2.42 bits per heavy atom. The number of sulfonamides is 1. The summed E-state index contributed by atoms with van der Waals surface area (Å²) in [5.41, 5.74) is 0.425. The third-order valence-electron chi connectivity index (χ3n) is 4.47. The molecule has 0 amide bonds. The highest BCUT2D eigenvalue weighted by Gasteiger charge is 2.17. The van der Waals surface area contributed by atoms with Gasteiger partial charge in [-0.05, 0) is 54.6 Å². The second-order valence-corrected chi connectivity index (χ2v) is 8.51. The number of benzene rings is 2. The molecular formula is C22H18N2O8S. The number of nitro benzene ring substituents is 1. The van der Waals surface area contributed by atoms with E-state index in [-0.39, 0.29) is 34.9 Å². The van der Waals surface area contributed by atoms with Crippen LogP contribution in [-0.2, 0) is 14.8 Å². The number of allylic oxidation sites excluding steroid dienone is 1. The van der Waals surface area contributed by atoms with Gasteiger partial charge in [-0.2, -0.15) is 0 Å². The highest BCUT2D eigenvalue weighted by atomic mass is 32.2. The molecule has 0 aliphatic carbocycles. The van der Waals surface area contributed by atoms with E-state index in [0.717, 1.165) is 0 Å². The maximum atomic E-state index is 12.4. The first-order valence-corrected chi connectivity index (χ1v) is 11.0. The zero-order valence-corrected chi connectivity index (χ0v) is 17.8. The molecule has 0 spiro atoms. The number of para-hydroxylation sites is 1. The van der Waals surface area contributed by atoms with Gasteiger partial charge in [0.1, 0.15) is 11.5 Å². The van der Waals surface area contributed by atoms with Crippen molar-refractivity contribution >= 4 is 33.5 Å². The zero-order chi connectivity index (χ0) is 24.0. The summed E-state index contributed by atoms with van der Waals surface area (Å²) < 4.78 is 32.0. The average Bonchev–Trinajstić information content (AvgIpc) is 3.26. The van der Waals surface area contributed by atoms with Crippen molar-refractivity contribution in [3.8, 4) is 11.3 Å². The number of nitrogens with zero attached hydrogens (tertiary/aromatic N) is 1. The van der Waals surface area contributed by atoms with E-state index in [1.165, 1.54) is 42.5 Å². The number of nitrogens with one attached hydrogen (secondary N) is 1. The number of aliphatic carboxylic acids is 1. The number of carboxylic acids is 1. The Morgan fingerprint density at radius 2 is 1.76 bits per heavy atom. The van der Waals surface area contributed by atoms with Crippen LogP contribution in [0.2, 0.25) is 0 Å². The van der Waals surface area contributed by atoms with Gasteiger partial charge < -0.3 is 9.52 Å². The lowest BCUT2D eigenvalue weighted by Gasteiger charge is -2.06. The normalized spacial score (nSPS) is 11.5. The van der Waals surface area contributed by atoms with Crippen molar-refractivity contribution in [2.24, 2.45) is 0 Å². The predicted octanol–water partition coefficient (Wildman–Crippen LogP) is 3.50. The smallest absolute Gasteiger partial charge is 0.304 e. The minimum Gasteiger partial charge on any atom is -0.481 e. The first-order valence-electron chi connectivity index (χ1n) is 9.55. The predicted molar refractivity (Wildman–Crippen MR) is 118 cm³/mol. The summed E-state index contributed by atoms with van der Waals surface area (Å²) >= 11 is 0. The first kappa shape index (κ1) is 23.6. The van der Waals surface area contributed by atoms with Crippen molar-refractivity contribution in [1.82, 2.24) is 4.72 Å². The fourth-order valence-corrected chi connectivity index (χ4v) is 3.89. The molecule has 1 aromatic heterocycles. The Bertz CT molecular complexity index is 1320. The van der Waals surface area contributed by atoms with Gasteiger partial charge >= 0.3 is 5.97 Å². The van der Waals surface area contributed by atoms with Gasteiger partial charge in [0.15, 0.2) is 5.78 Å². The van der Waals surface area contributed by atoms with Crippen LogP contribution in [0.5, 0.6) is 0 Å². The lowest BCUT2D eigenvalue weighted by molar-refractivity contribution is -0.384. The van der Waals surface area contributed by atoms with Gasteiger partial charge in [0, 0.05) is 18.2 Å². The Balaban J connectivity index is 1.69. The number of ketones is 1. The van der Waals surface area contributed by atoms with Crippen LogP contribution in [0.15, 0.2) is 76.1 Å². The minimum absolute atomic E-state index is 0.103. The number of nitro groups is 1. The molecule has 0 bridgehead atoms. The second-order valence-electron chi connectivity index (χ2n) is 6.74. The maximum absolute atomic E-state index is 12.4. The molecule has 1 heterocycles. The molecule has 0 unspecified atom stereocenters. The van der Waals surface area contributed by atoms with Gasteiger partial charge in [-0.25, -0.2) is 13.1 Å². The molecule has 0 aliphatic rings. The summed E-state index contributed by atoms with van der Waals surface area (Å²) in [5.74, 6) is -0.963. The third-order valence-corrected chi connectivity index (χ3v) is 5.95. The molecule has 3 rings (SSSR count). The van der Waals surface area contributed by atoms with E-state index in [1.807, 2.05) is 0 Å². The van der Waals surface area contributed by atoms with E-state index in [2.05, 4.69) is 4.72 Å². The van der Waals surface area contributed by atoms with Crippen molar-refractivity contribution in [2.75, 3.05) is 6.54 Å². The fraction of sp³-hybridized carbons (Fsp3) is 0.0909. The van der Waals surface area contributed by atoms with Crippen molar-refractivity contribution in [2.45, 2.75) is 11.3 Å². The highest BCUT2D eigenvalue weighted by molar-refractivity contribution is 7.89. The molecule has 11 heteroatoms. The largest absolute Gasteiger partial charge is 0.481 e. The topological polar surface area (TPSA) is 157 Å². The number of carboxylic acid groups (broad SMARTS) is 1. The maximum Gasteiger partial charge on any atom is 0.304 e. The van der Waals surface area contributed by atoms with Crippen LogP contribution in [0.1, 0.15) is 22.5 Å². The summed E-state index contributed by atoms with van der Waals surface area (Å²) in [6.45, 7) is -0.252. The van der Waals surface area contributed by atoms with Gasteiger partial charge in [-0.15, -0.1) is 0 Å². The third kappa shape index (κ3) is 5.99. The van der Waals surface area contributed by atoms with E-state index in [9.17, 15) is 28.1 Å². The molecule has 2 aromatic carbocycles. The SMILES string of the molecule is O=C(O)CCNS(=O)(=O)c1ccc(C(=O)/C=C/c2ccc(-c3ccccc3[N+](=O)[O-])o2)cc1. The lowest BCUT2D eigenvalue weighted by atomic mass is 10.1. The molecule has 2 N–H and O–H groups in total. The van der Waals surface area contributed by atoms with Gasteiger partial charge in [0.2, 0.25) is 10.0 Å². The highest BCUT2D eigenvalue weighted by Crippen LogP contribution is 2.31. The van der Waals surface area contributed by atoms with Gasteiger partial charge in [0.25, 0.3) is 5.69 Å². The minimum atomic E-state index is -3.89. The van der Waals surface area contributed by atoms with E-state index >= 15 is 0 Å². The van der Waals surface area contributed by atoms with Crippen molar-refractivity contribution in [3.05, 3.63) is 88.2 Å². The number of furan rings is 1. The van der Waals surface area contributed by atoms with Gasteiger partial charge in [0.05, 0.1) is 21.8 Å². The molecule has 170 valence electrons. The van der Waals surface area contributed by atoms with E-state index in [1.54, 1.807) is 30.3 Å². The molecule has 0 fully saturated rings. The van der Waals surface area contributed by atoms with Crippen LogP contribution >= 0.6 is 0 Å². The fourth-order valence-electron chi connectivity index (χ4n) is 2.86. The first-order chi connectivity index (χ1) is 15.7. The van der Waals surface area contributed by atoms with Crippen molar-refractivity contribution in [1.29, 1.82) is 0 Å². The Kier molecular flexibility index (Phi) is 7.16. The van der Waals surface area contributed by atoms with Crippen LogP contribution in [0.4, 0.5) is 5.69 Å². The summed E-state index contributed by atoms with van der Waals surface area (Å²) in [5, 5.41) is 19.8. The summed E-state index contributed by atoms with van der Waals surface area (Å²) in [7, 11) is -3.89. The summed E-state index contributed by atoms with van der Waals surface area (Å²) in [6, 6.07) is 14.4. The van der Waals surface area contributed by atoms with Crippen LogP contribution in [-0.4, -0.2) is 36.7 Å². The standard InChI is InChI=1S/C22H18N2O8S/c25-20(15-5-9-17(10-6-15)33(30,31)23-14-13-22(26)27)11-7-16-8-12-21(32-16)18-3-1-2-4-19(18)24(28)29/h1-12,23H,13-14H2,(H,26,27)/b11-7+. The molecule has 33 heavy (non-hydrogen) atoms. The van der Waals surface area contributed by atoms with Crippen LogP contribution in [0, 0.1) is 10.1 Å². The average molecular weight is 470 g/mol. The number of hydrogen-bond donors (Lipinski definition) is 2. The molecule has 0 saturated heterocycles. The molecule has 0 aliphatic heterocycles. The summed E-state index contributed by atoms with van der Waals surface area (Å²) in [4.78, 5) is 33.5. The van der Waals surface area contributed by atoms with E-state index in [0.29, 0.717) is 11.3 Å². The molecule has 0 saturated carbocycles. The lowest BCUT2D eigenvalue weighted by Crippen LogP contribution is -2.26. The molecule has 10 nitrogen and oxygen atoms in total. The Labute approximate surface area is 188 Å². The Hall–Kier alpha value is -4.09. The van der Waals surface area contributed by atoms with Crippen molar-refractivity contribution < 1.29 is 32.5 Å². The molecule has 3 aromatic rings. The number of carbonyl (C=O) groups excluding carboxylic acids is 1. The van der Waals surface area contributed by atoms with E-state index < -0.39 is 26.7 Å². The van der Waals surface area contributed by atoms with Crippen LogP contribution in [0.3, 0.4) is 0 Å². The molecular weight excluding hydrogens is 452 g/mol. The number of carbonyl (C=O) groups is 2. The van der Waals surface area contributed by atoms with E-state index in [4.69, 9.17) is 9.52 Å². The molecule has 0 radical (unpaired) electrons. The summed E-state index contributed by atoms with van der Waals surface area (Å²) in [6.07, 6.45) is 2.28. The quantitative estimate of drug-likeness (QED) is 0.197. The Morgan fingerprint density at radius 1 is 1.06 bits per heavy atom. The van der Waals surface area contributed by atoms with Crippen LogP contribution < -0.4 is 4.72 Å². The second kappa shape index (κ2) is 10.0. The number of rotatable bonds is 10. The molecule has 0 atom stereocenters.